The number of ether oxygens (including phenoxy) is 2. The molecule has 0 saturated carbocycles. The van der Waals surface area contributed by atoms with Crippen LogP contribution < -0.4 is 10.1 Å². The SMILES string of the molecule is COc1cc(CCNC(=O)N2CCC[C@@H]3O[C@H](c4ccccc4)C[C@@H]32)ccn1. The van der Waals surface area contributed by atoms with Crippen LogP contribution >= 0.6 is 0 Å². The molecule has 3 heterocycles. The minimum Gasteiger partial charge on any atom is -0.481 e. The van der Waals surface area contributed by atoms with Gasteiger partial charge in [-0.15, -0.1) is 0 Å². The van der Waals surface area contributed by atoms with Crippen LogP contribution in [0, 0.1) is 0 Å². The highest BCUT2D eigenvalue weighted by Gasteiger charge is 2.43. The van der Waals surface area contributed by atoms with Gasteiger partial charge in [-0.2, -0.15) is 0 Å². The first kappa shape index (κ1) is 18.7. The number of benzene rings is 1. The van der Waals surface area contributed by atoms with Gasteiger partial charge >= 0.3 is 6.03 Å². The normalized spacial score (nSPS) is 23.9. The average Bonchev–Trinajstić information content (AvgIpc) is 3.19. The Hall–Kier alpha value is -2.60. The van der Waals surface area contributed by atoms with Gasteiger partial charge in [-0.25, -0.2) is 9.78 Å². The van der Waals surface area contributed by atoms with Gasteiger partial charge in [0.1, 0.15) is 0 Å². The largest absolute Gasteiger partial charge is 0.481 e. The number of piperidine rings is 1. The quantitative estimate of drug-likeness (QED) is 0.863. The summed E-state index contributed by atoms with van der Waals surface area (Å²) in [6.45, 7) is 1.38. The first-order valence-electron chi connectivity index (χ1n) is 9.98. The molecule has 28 heavy (non-hydrogen) atoms. The number of nitrogens with zero attached hydrogens (tertiary/aromatic N) is 2. The molecule has 1 aromatic heterocycles. The van der Waals surface area contributed by atoms with Gasteiger partial charge in [-0.05, 0) is 36.5 Å². The molecule has 0 bridgehead atoms. The molecule has 1 N–H and O–H groups in total. The van der Waals surface area contributed by atoms with E-state index >= 15 is 0 Å². The lowest BCUT2D eigenvalue weighted by Crippen LogP contribution is -2.52. The minimum atomic E-state index is 0.00744. The number of hydrogen-bond acceptors (Lipinski definition) is 4. The second kappa shape index (κ2) is 8.61. The van der Waals surface area contributed by atoms with Crippen molar-refractivity contribution in [3.8, 4) is 5.88 Å². The predicted octanol–water partition coefficient (Wildman–Crippen LogP) is 3.34. The molecule has 0 spiro atoms. The van der Waals surface area contributed by atoms with Crippen molar-refractivity contribution in [1.82, 2.24) is 15.2 Å². The highest BCUT2D eigenvalue weighted by molar-refractivity contribution is 5.74. The van der Waals surface area contributed by atoms with E-state index in [4.69, 9.17) is 9.47 Å². The van der Waals surface area contributed by atoms with Crippen LogP contribution in [0.3, 0.4) is 0 Å². The van der Waals surface area contributed by atoms with E-state index in [1.807, 2.05) is 35.2 Å². The number of fused-ring (bicyclic) bond motifs is 1. The zero-order chi connectivity index (χ0) is 19.3. The van der Waals surface area contributed by atoms with Crippen molar-refractivity contribution in [1.29, 1.82) is 0 Å². The van der Waals surface area contributed by atoms with E-state index in [2.05, 4.69) is 22.4 Å². The van der Waals surface area contributed by atoms with Gasteiger partial charge in [0.25, 0.3) is 0 Å². The molecule has 6 nitrogen and oxygen atoms in total. The molecule has 2 fully saturated rings. The van der Waals surface area contributed by atoms with Crippen molar-refractivity contribution < 1.29 is 14.3 Å². The lowest BCUT2D eigenvalue weighted by Gasteiger charge is -2.36. The van der Waals surface area contributed by atoms with Crippen molar-refractivity contribution >= 4 is 6.03 Å². The minimum absolute atomic E-state index is 0.00744. The maximum atomic E-state index is 12.8. The number of urea groups is 1. The third-order valence-electron chi connectivity index (χ3n) is 5.64. The summed E-state index contributed by atoms with van der Waals surface area (Å²) in [4.78, 5) is 18.9. The molecule has 1 aromatic carbocycles. The zero-order valence-electron chi connectivity index (χ0n) is 16.2. The third kappa shape index (κ3) is 4.12. The number of carbonyl (C=O) groups excluding carboxylic acids is 1. The fourth-order valence-corrected chi connectivity index (χ4v) is 4.21. The third-order valence-corrected chi connectivity index (χ3v) is 5.64. The lowest BCUT2D eigenvalue weighted by molar-refractivity contribution is 0.00557. The molecule has 2 amide bonds. The monoisotopic (exact) mass is 381 g/mol. The Bertz CT molecular complexity index is 799. The van der Waals surface area contributed by atoms with Crippen LogP contribution in [0.25, 0.3) is 0 Å². The number of amides is 2. The smallest absolute Gasteiger partial charge is 0.317 e. The second-order valence-electron chi connectivity index (χ2n) is 7.40. The number of nitrogens with one attached hydrogen (secondary N) is 1. The van der Waals surface area contributed by atoms with E-state index in [0.717, 1.165) is 37.8 Å². The Balaban J connectivity index is 1.33. The van der Waals surface area contributed by atoms with Crippen LogP contribution in [0.2, 0.25) is 0 Å². The van der Waals surface area contributed by atoms with Gasteiger partial charge in [-0.3, -0.25) is 0 Å². The Labute approximate surface area is 165 Å². The molecule has 2 aliphatic rings. The van der Waals surface area contributed by atoms with Crippen LogP contribution in [0.1, 0.15) is 36.5 Å². The molecule has 148 valence electrons. The molecule has 2 saturated heterocycles. The average molecular weight is 381 g/mol. The first-order chi connectivity index (χ1) is 13.7. The van der Waals surface area contributed by atoms with E-state index in [9.17, 15) is 4.79 Å². The van der Waals surface area contributed by atoms with Gasteiger partial charge in [0.2, 0.25) is 5.88 Å². The summed E-state index contributed by atoms with van der Waals surface area (Å²) < 4.78 is 11.4. The summed E-state index contributed by atoms with van der Waals surface area (Å²) in [6, 6.07) is 14.3. The molecule has 6 heteroatoms. The number of rotatable bonds is 5. The van der Waals surface area contributed by atoms with Crippen LogP contribution in [-0.2, 0) is 11.2 Å². The summed E-state index contributed by atoms with van der Waals surface area (Å²) in [6.07, 6.45) is 5.55. The number of likely N-dealkylation sites (tertiary alicyclic amines) is 1. The molecule has 3 atom stereocenters. The molecule has 2 aliphatic heterocycles. The summed E-state index contributed by atoms with van der Waals surface area (Å²) in [5.41, 5.74) is 2.29. The first-order valence-corrected chi connectivity index (χ1v) is 9.98. The van der Waals surface area contributed by atoms with Crippen molar-refractivity contribution in [3.63, 3.8) is 0 Å². The predicted molar refractivity (Wildman–Crippen MR) is 106 cm³/mol. The van der Waals surface area contributed by atoms with E-state index in [1.165, 1.54) is 5.56 Å². The summed E-state index contributed by atoms with van der Waals surface area (Å²) in [5.74, 6) is 0.595. The van der Waals surface area contributed by atoms with Crippen LogP contribution in [0.15, 0.2) is 48.7 Å². The Morgan fingerprint density at radius 2 is 2.18 bits per heavy atom. The highest BCUT2D eigenvalue weighted by Crippen LogP contribution is 2.39. The number of pyridine rings is 1. The van der Waals surface area contributed by atoms with Crippen LogP contribution in [0.5, 0.6) is 5.88 Å². The number of hydrogen-bond donors (Lipinski definition) is 1. The van der Waals surface area contributed by atoms with Gasteiger partial charge in [-0.1, -0.05) is 30.3 Å². The van der Waals surface area contributed by atoms with Crippen molar-refractivity contribution in [2.75, 3.05) is 20.2 Å². The summed E-state index contributed by atoms with van der Waals surface area (Å²) >= 11 is 0. The highest BCUT2D eigenvalue weighted by atomic mass is 16.5. The molecule has 4 rings (SSSR count). The van der Waals surface area contributed by atoms with Gasteiger partial charge in [0.15, 0.2) is 0 Å². The van der Waals surface area contributed by atoms with E-state index in [-0.39, 0.29) is 24.3 Å². The Kier molecular flexibility index (Phi) is 5.76. The number of aromatic nitrogens is 1. The van der Waals surface area contributed by atoms with Gasteiger partial charge in [0.05, 0.1) is 25.4 Å². The molecule has 0 radical (unpaired) electrons. The molecular formula is C22H27N3O3. The molecular weight excluding hydrogens is 354 g/mol. The van der Waals surface area contributed by atoms with Gasteiger partial charge < -0.3 is 19.7 Å². The molecule has 0 unspecified atom stereocenters. The fraction of sp³-hybridized carbons (Fsp3) is 0.455. The topological polar surface area (TPSA) is 63.7 Å². The fourth-order valence-electron chi connectivity index (χ4n) is 4.21. The maximum Gasteiger partial charge on any atom is 0.317 e. The Morgan fingerprint density at radius 1 is 1.32 bits per heavy atom. The number of carbonyl (C=O) groups is 1. The maximum absolute atomic E-state index is 12.8. The summed E-state index contributed by atoms with van der Waals surface area (Å²) in [5, 5.41) is 3.08. The van der Waals surface area contributed by atoms with Crippen molar-refractivity contribution in [2.24, 2.45) is 0 Å². The second-order valence-corrected chi connectivity index (χ2v) is 7.40. The molecule has 2 aromatic rings. The van der Waals surface area contributed by atoms with E-state index in [0.29, 0.717) is 12.4 Å². The standard InChI is InChI=1S/C22H27N3O3/c1-27-21-14-16(9-11-23-21)10-12-24-22(26)25-13-5-8-19-18(25)15-20(28-19)17-6-3-2-4-7-17/h2-4,6-7,9,11,14,18-20H,5,8,10,12-13,15H2,1H3,(H,24,26)/t18-,19-,20-/m0/s1. The Morgan fingerprint density at radius 3 is 3.00 bits per heavy atom. The summed E-state index contributed by atoms with van der Waals surface area (Å²) in [7, 11) is 1.60. The van der Waals surface area contributed by atoms with E-state index < -0.39 is 0 Å². The number of methoxy groups -OCH3 is 1. The zero-order valence-corrected chi connectivity index (χ0v) is 16.2. The van der Waals surface area contributed by atoms with Crippen molar-refractivity contribution in [3.05, 3.63) is 59.8 Å². The van der Waals surface area contributed by atoms with Crippen LogP contribution in [-0.4, -0.2) is 48.3 Å². The van der Waals surface area contributed by atoms with Crippen LogP contribution in [0.4, 0.5) is 4.79 Å². The van der Waals surface area contributed by atoms with Crippen molar-refractivity contribution in [2.45, 2.75) is 43.9 Å². The lowest BCUT2D eigenvalue weighted by atomic mass is 9.96. The van der Waals surface area contributed by atoms with E-state index in [1.54, 1.807) is 13.3 Å². The van der Waals surface area contributed by atoms with Gasteiger partial charge in [0, 0.05) is 31.8 Å². The molecule has 0 aliphatic carbocycles.